The van der Waals surface area contributed by atoms with Crippen molar-refractivity contribution < 1.29 is 9.47 Å². The maximum Gasteiger partial charge on any atom is 0.143 e. The number of benzene rings is 1. The first-order chi connectivity index (χ1) is 10.1. The van der Waals surface area contributed by atoms with Gasteiger partial charge in [-0.2, -0.15) is 0 Å². The molecule has 0 amide bonds. The van der Waals surface area contributed by atoms with Crippen molar-refractivity contribution in [1.82, 2.24) is 4.90 Å². The SMILES string of the molecule is COc1cc(NC2CC(C)N(C3CC3)C2)c(OC)cc1Cl. The molecule has 1 saturated heterocycles. The summed E-state index contributed by atoms with van der Waals surface area (Å²) in [6.45, 7) is 3.42. The first-order valence-electron chi connectivity index (χ1n) is 7.56. The van der Waals surface area contributed by atoms with Crippen LogP contribution in [0.4, 0.5) is 5.69 Å². The van der Waals surface area contributed by atoms with Crippen molar-refractivity contribution in [3.8, 4) is 11.5 Å². The van der Waals surface area contributed by atoms with Crippen LogP contribution in [0.5, 0.6) is 11.5 Å². The Bertz CT molecular complexity index is 519. The molecule has 2 unspecified atom stereocenters. The van der Waals surface area contributed by atoms with Crippen LogP contribution in [-0.4, -0.2) is 43.8 Å². The zero-order chi connectivity index (χ0) is 15.0. The summed E-state index contributed by atoms with van der Waals surface area (Å²) in [4.78, 5) is 2.62. The third-order valence-electron chi connectivity index (χ3n) is 4.47. The van der Waals surface area contributed by atoms with E-state index in [2.05, 4.69) is 17.1 Å². The third-order valence-corrected chi connectivity index (χ3v) is 4.77. The van der Waals surface area contributed by atoms with Gasteiger partial charge in [-0.05, 0) is 26.2 Å². The van der Waals surface area contributed by atoms with Gasteiger partial charge in [0.25, 0.3) is 0 Å². The minimum atomic E-state index is 0.445. The van der Waals surface area contributed by atoms with Crippen molar-refractivity contribution in [1.29, 1.82) is 0 Å². The lowest BCUT2D eigenvalue weighted by molar-refractivity contribution is 0.257. The van der Waals surface area contributed by atoms with E-state index in [0.717, 1.165) is 30.4 Å². The molecule has 0 bridgehead atoms. The Kier molecular flexibility index (Phi) is 4.18. The largest absolute Gasteiger partial charge is 0.495 e. The second kappa shape index (κ2) is 5.93. The first kappa shape index (κ1) is 14.8. The molecule has 1 aliphatic heterocycles. The lowest BCUT2D eigenvalue weighted by Gasteiger charge is -2.20. The Morgan fingerprint density at radius 2 is 1.90 bits per heavy atom. The van der Waals surface area contributed by atoms with Gasteiger partial charge < -0.3 is 14.8 Å². The molecule has 0 aromatic heterocycles. The molecule has 1 N–H and O–H groups in total. The van der Waals surface area contributed by atoms with Crippen LogP contribution >= 0.6 is 11.6 Å². The van der Waals surface area contributed by atoms with Crippen molar-refractivity contribution in [3.63, 3.8) is 0 Å². The number of rotatable bonds is 5. The molecule has 2 atom stereocenters. The van der Waals surface area contributed by atoms with Crippen molar-refractivity contribution in [2.45, 2.75) is 44.3 Å². The van der Waals surface area contributed by atoms with E-state index in [1.54, 1.807) is 20.3 Å². The van der Waals surface area contributed by atoms with E-state index in [-0.39, 0.29) is 0 Å². The van der Waals surface area contributed by atoms with Crippen LogP contribution in [0.25, 0.3) is 0 Å². The summed E-state index contributed by atoms with van der Waals surface area (Å²) in [5, 5.41) is 4.17. The molecule has 2 aliphatic rings. The first-order valence-corrected chi connectivity index (χ1v) is 7.94. The molecule has 21 heavy (non-hydrogen) atoms. The number of nitrogens with zero attached hydrogens (tertiary/aromatic N) is 1. The van der Waals surface area contributed by atoms with Gasteiger partial charge in [-0.1, -0.05) is 11.6 Å². The van der Waals surface area contributed by atoms with Crippen molar-refractivity contribution >= 4 is 17.3 Å². The van der Waals surface area contributed by atoms with Gasteiger partial charge in [0.2, 0.25) is 0 Å². The predicted molar refractivity (Wildman–Crippen MR) is 85.8 cm³/mol. The van der Waals surface area contributed by atoms with E-state index in [0.29, 0.717) is 22.9 Å². The fourth-order valence-corrected chi connectivity index (χ4v) is 3.50. The molecule has 1 aromatic rings. The molecule has 0 spiro atoms. The molecule has 0 radical (unpaired) electrons. The molecule has 116 valence electrons. The van der Waals surface area contributed by atoms with Crippen molar-refractivity contribution in [2.24, 2.45) is 0 Å². The maximum absolute atomic E-state index is 6.15. The quantitative estimate of drug-likeness (QED) is 0.904. The highest BCUT2D eigenvalue weighted by atomic mass is 35.5. The third kappa shape index (κ3) is 3.06. The van der Waals surface area contributed by atoms with Crippen LogP contribution < -0.4 is 14.8 Å². The molecule has 1 heterocycles. The Morgan fingerprint density at radius 3 is 2.52 bits per heavy atom. The summed E-state index contributed by atoms with van der Waals surface area (Å²) < 4.78 is 10.7. The summed E-state index contributed by atoms with van der Waals surface area (Å²) in [5.74, 6) is 1.43. The molecule has 3 rings (SSSR count). The summed E-state index contributed by atoms with van der Waals surface area (Å²) in [5.41, 5.74) is 0.952. The van der Waals surface area contributed by atoms with E-state index in [4.69, 9.17) is 21.1 Å². The molecule has 1 saturated carbocycles. The Labute approximate surface area is 131 Å². The lowest BCUT2D eigenvalue weighted by Crippen LogP contribution is -2.31. The predicted octanol–water partition coefficient (Wildman–Crippen LogP) is 3.39. The van der Waals surface area contributed by atoms with Gasteiger partial charge in [0, 0.05) is 36.8 Å². The Morgan fingerprint density at radius 1 is 1.19 bits per heavy atom. The lowest BCUT2D eigenvalue weighted by atomic mass is 10.1. The Hall–Kier alpha value is -1.13. The number of nitrogens with one attached hydrogen (secondary N) is 1. The highest BCUT2D eigenvalue weighted by molar-refractivity contribution is 6.32. The number of anilines is 1. The van der Waals surface area contributed by atoms with Crippen LogP contribution in [-0.2, 0) is 0 Å². The Balaban J connectivity index is 1.75. The topological polar surface area (TPSA) is 33.7 Å². The standard InChI is InChI=1S/C16H23ClN2O2/c1-10-6-11(9-19(10)12-4-5-12)18-14-8-15(20-2)13(17)7-16(14)21-3/h7-8,10-12,18H,4-6,9H2,1-3H3. The molecule has 1 aromatic carbocycles. The highest BCUT2D eigenvalue weighted by Gasteiger charge is 2.38. The molecular weight excluding hydrogens is 288 g/mol. The van der Waals surface area contributed by atoms with Gasteiger partial charge in [0.05, 0.1) is 24.9 Å². The number of halogens is 1. The zero-order valence-corrected chi connectivity index (χ0v) is 13.6. The number of hydrogen-bond donors (Lipinski definition) is 1. The van der Waals surface area contributed by atoms with Crippen molar-refractivity contribution in [2.75, 3.05) is 26.1 Å². The fraction of sp³-hybridized carbons (Fsp3) is 0.625. The maximum atomic E-state index is 6.15. The summed E-state index contributed by atoms with van der Waals surface area (Å²) in [6.07, 6.45) is 3.87. The minimum Gasteiger partial charge on any atom is -0.495 e. The smallest absolute Gasteiger partial charge is 0.143 e. The van der Waals surface area contributed by atoms with E-state index in [1.807, 2.05) is 6.07 Å². The van der Waals surface area contributed by atoms with Crippen LogP contribution in [0, 0.1) is 0 Å². The summed E-state index contributed by atoms with van der Waals surface area (Å²) in [7, 11) is 3.29. The second-order valence-corrected chi connectivity index (χ2v) is 6.45. The van der Waals surface area contributed by atoms with Crippen LogP contribution in [0.2, 0.25) is 5.02 Å². The number of methoxy groups -OCH3 is 2. The molecule has 5 heteroatoms. The van der Waals surface area contributed by atoms with Gasteiger partial charge in [-0.3, -0.25) is 4.90 Å². The van der Waals surface area contributed by atoms with Gasteiger partial charge >= 0.3 is 0 Å². The zero-order valence-electron chi connectivity index (χ0n) is 12.9. The molecule has 1 aliphatic carbocycles. The van der Waals surface area contributed by atoms with Crippen LogP contribution in [0.15, 0.2) is 12.1 Å². The van der Waals surface area contributed by atoms with Crippen LogP contribution in [0.3, 0.4) is 0 Å². The fourth-order valence-electron chi connectivity index (χ4n) is 3.27. The van der Waals surface area contributed by atoms with E-state index in [9.17, 15) is 0 Å². The number of ether oxygens (including phenoxy) is 2. The normalized spacial score (nSPS) is 25.9. The molecule has 4 nitrogen and oxygen atoms in total. The van der Waals surface area contributed by atoms with Crippen molar-refractivity contribution in [3.05, 3.63) is 17.2 Å². The monoisotopic (exact) mass is 310 g/mol. The molecular formula is C16H23ClN2O2. The van der Waals surface area contributed by atoms with Gasteiger partial charge in [-0.25, -0.2) is 0 Å². The van der Waals surface area contributed by atoms with Crippen LogP contribution in [0.1, 0.15) is 26.2 Å². The minimum absolute atomic E-state index is 0.445. The summed E-state index contributed by atoms with van der Waals surface area (Å²) >= 11 is 6.15. The average molecular weight is 311 g/mol. The van der Waals surface area contributed by atoms with E-state index >= 15 is 0 Å². The molecule has 2 fully saturated rings. The van der Waals surface area contributed by atoms with Gasteiger partial charge in [-0.15, -0.1) is 0 Å². The van der Waals surface area contributed by atoms with Gasteiger partial charge in [0.15, 0.2) is 0 Å². The second-order valence-electron chi connectivity index (χ2n) is 6.04. The number of likely N-dealkylation sites (tertiary alicyclic amines) is 1. The van der Waals surface area contributed by atoms with E-state index < -0.39 is 0 Å². The van der Waals surface area contributed by atoms with Gasteiger partial charge in [0.1, 0.15) is 11.5 Å². The average Bonchev–Trinajstić information content (AvgIpc) is 3.24. The van der Waals surface area contributed by atoms with E-state index in [1.165, 1.54) is 12.8 Å². The number of hydrogen-bond acceptors (Lipinski definition) is 4. The summed E-state index contributed by atoms with van der Waals surface area (Å²) in [6, 6.07) is 5.63. The highest BCUT2D eigenvalue weighted by Crippen LogP contribution is 2.38.